The molecule has 3 heterocycles. The van der Waals surface area contributed by atoms with Crippen LogP contribution in [0.4, 0.5) is 0 Å². The normalized spacial score (nSPS) is 11.0. The zero-order valence-electron chi connectivity index (χ0n) is 17.7. The summed E-state index contributed by atoms with van der Waals surface area (Å²) >= 11 is 0. The summed E-state index contributed by atoms with van der Waals surface area (Å²) < 4.78 is 2.01. The highest BCUT2D eigenvalue weighted by molar-refractivity contribution is 5.79. The van der Waals surface area contributed by atoms with Crippen LogP contribution in [0.15, 0.2) is 73.1 Å². The first-order chi connectivity index (χ1) is 15.8. The molecule has 0 fully saturated rings. The molecule has 158 valence electrons. The predicted molar refractivity (Wildman–Crippen MR) is 121 cm³/mol. The molecule has 0 aliphatic rings. The molecule has 0 amide bonds. The van der Waals surface area contributed by atoms with Gasteiger partial charge in [0.25, 0.3) is 0 Å². The van der Waals surface area contributed by atoms with Gasteiger partial charge in [-0.1, -0.05) is 61.5 Å². The Morgan fingerprint density at radius 1 is 0.906 bits per heavy atom. The van der Waals surface area contributed by atoms with Gasteiger partial charge in [0.05, 0.1) is 6.54 Å². The first kappa shape index (κ1) is 19.7. The number of nitrogens with zero attached hydrogens (tertiary/aromatic N) is 7. The van der Waals surface area contributed by atoms with E-state index in [0.717, 1.165) is 52.3 Å². The molecule has 0 spiro atoms. The van der Waals surface area contributed by atoms with Crippen molar-refractivity contribution in [2.75, 3.05) is 0 Å². The van der Waals surface area contributed by atoms with Crippen molar-refractivity contribution in [3.8, 4) is 33.9 Å². The molecule has 0 atom stereocenters. The van der Waals surface area contributed by atoms with E-state index >= 15 is 0 Å². The summed E-state index contributed by atoms with van der Waals surface area (Å²) in [7, 11) is 0. The second-order valence-corrected chi connectivity index (χ2v) is 7.49. The summed E-state index contributed by atoms with van der Waals surface area (Å²) in [6.45, 7) is 2.83. The number of nitrogens with one attached hydrogen (secondary N) is 1. The molecule has 8 heteroatoms. The van der Waals surface area contributed by atoms with Crippen LogP contribution in [0.3, 0.4) is 0 Å². The number of aromatic nitrogens is 8. The molecule has 0 saturated carbocycles. The monoisotopic (exact) mass is 422 g/mol. The third kappa shape index (κ3) is 4.02. The van der Waals surface area contributed by atoms with Crippen LogP contribution in [0.25, 0.3) is 33.9 Å². The number of benzene rings is 2. The molecule has 0 unspecified atom stereocenters. The Morgan fingerprint density at radius 3 is 2.50 bits per heavy atom. The average molecular weight is 422 g/mol. The molecular weight excluding hydrogens is 400 g/mol. The summed E-state index contributed by atoms with van der Waals surface area (Å²) in [6.07, 6.45) is 5.48. The molecule has 0 bridgehead atoms. The lowest BCUT2D eigenvalue weighted by Gasteiger charge is -2.09. The number of aromatic amines is 1. The number of tetrazole rings is 1. The van der Waals surface area contributed by atoms with Crippen molar-refractivity contribution in [3.05, 3.63) is 84.4 Å². The lowest BCUT2D eigenvalue weighted by Crippen LogP contribution is -2.07. The molecule has 0 aliphatic carbocycles. The van der Waals surface area contributed by atoms with Crippen molar-refractivity contribution < 1.29 is 0 Å². The van der Waals surface area contributed by atoms with E-state index in [1.54, 1.807) is 6.20 Å². The third-order valence-corrected chi connectivity index (χ3v) is 5.27. The first-order valence-electron chi connectivity index (χ1n) is 10.6. The first-order valence-corrected chi connectivity index (χ1v) is 10.6. The molecule has 5 aromatic rings. The van der Waals surface area contributed by atoms with Gasteiger partial charge in [0.15, 0.2) is 11.6 Å². The second kappa shape index (κ2) is 8.89. The summed E-state index contributed by atoms with van der Waals surface area (Å²) in [6, 6.07) is 20.4. The Morgan fingerprint density at radius 2 is 1.75 bits per heavy atom. The van der Waals surface area contributed by atoms with Crippen molar-refractivity contribution in [3.63, 3.8) is 0 Å². The summed E-state index contributed by atoms with van der Waals surface area (Å²) in [5, 5.41) is 19.0. The van der Waals surface area contributed by atoms with Gasteiger partial charge in [-0.3, -0.25) is 4.98 Å². The minimum Gasteiger partial charge on any atom is -0.264 e. The van der Waals surface area contributed by atoms with E-state index in [0.29, 0.717) is 12.4 Å². The highest BCUT2D eigenvalue weighted by Crippen LogP contribution is 2.29. The fourth-order valence-electron chi connectivity index (χ4n) is 3.69. The topological polar surface area (TPSA) is 98.1 Å². The van der Waals surface area contributed by atoms with Crippen molar-refractivity contribution in [1.29, 1.82) is 0 Å². The maximum absolute atomic E-state index is 4.79. The van der Waals surface area contributed by atoms with E-state index < -0.39 is 0 Å². The molecule has 3 aromatic heterocycles. The lowest BCUT2D eigenvalue weighted by atomic mass is 10.0. The van der Waals surface area contributed by atoms with Gasteiger partial charge in [-0.25, -0.2) is 14.8 Å². The molecule has 0 aliphatic heterocycles. The minimum atomic E-state index is 0.617. The van der Waals surface area contributed by atoms with Crippen molar-refractivity contribution in [2.45, 2.75) is 26.3 Å². The smallest absolute Gasteiger partial charge is 0.181 e. The number of rotatable bonds is 7. The molecule has 5 rings (SSSR count). The highest BCUT2D eigenvalue weighted by Gasteiger charge is 2.13. The number of aryl methyl sites for hydroxylation is 1. The standard InChI is InChI=1S/C24H22N8/c1-2-6-22-26-23(19-7-4-3-5-8-19)29-32(22)16-17-9-11-18(12-10-17)21-15-25-14-13-20(21)24-27-30-31-28-24/h3-5,7-15H,2,6,16H2,1H3,(H,27,28,30,31). The van der Waals surface area contributed by atoms with Crippen LogP contribution in [0.5, 0.6) is 0 Å². The fourth-order valence-corrected chi connectivity index (χ4v) is 3.69. The van der Waals surface area contributed by atoms with Crippen LogP contribution < -0.4 is 0 Å². The van der Waals surface area contributed by atoms with Crippen molar-refractivity contribution in [2.24, 2.45) is 0 Å². The molecule has 0 saturated heterocycles. The van der Waals surface area contributed by atoms with Crippen LogP contribution in [0, 0.1) is 0 Å². The summed E-state index contributed by atoms with van der Waals surface area (Å²) in [5.41, 5.74) is 5.11. The van der Waals surface area contributed by atoms with E-state index in [9.17, 15) is 0 Å². The predicted octanol–water partition coefficient (Wildman–Crippen LogP) is 4.19. The SMILES string of the molecule is CCCc1nc(-c2ccccc2)nn1Cc1ccc(-c2cnccc2-c2nnn[nH]2)cc1. The summed E-state index contributed by atoms with van der Waals surface area (Å²) in [4.78, 5) is 9.07. The Bertz CT molecular complexity index is 1290. The highest BCUT2D eigenvalue weighted by atomic mass is 15.5. The van der Waals surface area contributed by atoms with Crippen LogP contribution in [-0.4, -0.2) is 40.4 Å². The third-order valence-electron chi connectivity index (χ3n) is 5.27. The zero-order valence-corrected chi connectivity index (χ0v) is 17.7. The number of hydrogen-bond acceptors (Lipinski definition) is 6. The quantitative estimate of drug-likeness (QED) is 0.422. The van der Waals surface area contributed by atoms with E-state index in [2.05, 4.69) is 56.8 Å². The molecule has 8 nitrogen and oxygen atoms in total. The Hall–Kier alpha value is -4.20. The minimum absolute atomic E-state index is 0.617. The van der Waals surface area contributed by atoms with Gasteiger partial charge in [-0.2, -0.15) is 5.10 Å². The van der Waals surface area contributed by atoms with Crippen LogP contribution >= 0.6 is 0 Å². The van der Waals surface area contributed by atoms with Crippen LogP contribution in [-0.2, 0) is 13.0 Å². The largest absolute Gasteiger partial charge is 0.264 e. The van der Waals surface area contributed by atoms with Gasteiger partial charge in [-0.05, 0) is 34.0 Å². The van der Waals surface area contributed by atoms with E-state index in [-0.39, 0.29) is 0 Å². The number of H-pyrrole nitrogens is 1. The molecule has 2 aromatic carbocycles. The number of hydrogen-bond donors (Lipinski definition) is 1. The van der Waals surface area contributed by atoms with Gasteiger partial charge in [0.2, 0.25) is 0 Å². The lowest BCUT2D eigenvalue weighted by molar-refractivity contribution is 0.630. The van der Waals surface area contributed by atoms with Gasteiger partial charge in [0, 0.05) is 35.5 Å². The molecule has 1 N–H and O–H groups in total. The molecule has 32 heavy (non-hydrogen) atoms. The van der Waals surface area contributed by atoms with E-state index in [1.807, 2.05) is 47.3 Å². The van der Waals surface area contributed by atoms with Crippen molar-refractivity contribution >= 4 is 0 Å². The van der Waals surface area contributed by atoms with Crippen LogP contribution in [0.1, 0.15) is 24.7 Å². The Labute approximate surface area is 185 Å². The van der Waals surface area contributed by atoms with Gasteiger partial charge >= 0.3 is 0 Å². The molecular formula is C24H22N8. The van der Waals surface area contributed by atoms with Crippen LogP contribution in [0.2, 0.25) is 0 Å². The Kier molecular flexibility index (Phi) is 5.48. The van der Waals surface area contributed by atoms with E-state index in [1.165, 1.54) is 0 Å². The fraction of sp³-hybridized carbons (Fsp3) is 0.167. The average Bonchev–Trinajstić information content (AvgIpc) is 3.51. The van der Waals surface area contributed by atoms with Gasteiger partial charge in [0.1, 0.15) is 5.82 Å². The maximum atomic E-state index is 4.79. The van der Waals surface area contributed by atoms with Gasteiger partial charge in [-0.15, -0.1) is 5.10 Å². The van der Waals surface area contributed by atoms with Crippen molar-refractivity contribution in [1.82, 2.24) is 40.4 Å². The Balaban J connectivity index is 1.42. The molecule has 0 radical (unpaired) electrons. The second-order valence-electron chi connectivity index (χ2n) is 7.49. The van der Waals surface area contributed by atoms with Gasteiger partial charge < -0.3 is 0 Å². The summed E-state index contributed by atoms with van der Waals surface area (Å²) in [5.74, 6) is 2.39. The number of pyridine rings is 1. The zero-order chi connectivity index (χ0) is 21.8. The maximum Gasteiger partial charge on any atom is 0.181 e. The van der Waals surface area contributed by atoms with E-state index in [4.69, 9.17) is 10.1 Å².